The third-order valence-electron chi connectivity index (χ3n) is 5.79. The second kappa shape index (κ2) is 10.1. The van der Waals surface area contributed by atoms with Gasteiger partial charge in [-0.05, 0) is 68.5 Å². The number of carbonyl (C=O) groups excluding carboxylic acids is 1. The highest BCUT2D eigenvalue weighted by Crippen LogP contribution is 2.32. The number of primary amides is 1. The van der Waals surface area contributed by atoms with Crippen LogP contribution in [-0.2, 0) is 4.79 Å². The van der Waals surface area contributed by atoms with Crippen LogP contribution in [0.4, 0.5) is 15.8 Å². The molecule has 31 heavy (non-hydrogen) atoms. The van der Waals surface area contributed by atoms with E-state index in [9.17, 15) is 9.18 Å². The van der Waals surface area contributed by atoms with E-state index < -0.39 is 5.91 Å². The highest BCUT2D eigenvalue weighted by Gasteiger charge is 2.33. The van der Waals surface area contributed by atoms with Crippen molar-refractivity contribution in [1.82, 2.24) is 10.3 Å². The Morgan fingerprint density at radius 1 is 1.26 bits per heavy atom. The van der Waals surface area contributed by atoms with Crippen molar-refractivity contribution in [2.45, 2.75) is 50.6 Å². The summed E-state index contributed by atoms with van der Waals surface area (Å²) in [5, 5.41) is 6.93. The number of aromatic nitrogens is 1. The molecule has 0 unspecified atom stereocenters. The van der Waals surface area contributed by atoms with Gasteiger partial charge < -0.3 is 22.1 Å². The fourth-order valence-corrected chi connectivity index (χ4v) is 3.81. The van der Waals surface area contributed by atoms with E-state index >= 15 is 0 Å². The van der Waals surface area contributed by atoms with E-state index in [4.69, 9.17) is 11.5 Å². The van der Waals surface area contributed by atoms with Crippen LogP contribution < -0.4 is 22.1 Å². The molecule has 8 heteroatoms. The molecule has 3 rings (SSSR count). The minimum atomic E-state index is -0.672. The van der Waals surface area contributed by atoms with Gasteiger partial charge in [0.2, 0.25) is 0 Å². The molecular weight excluding hydrogens is 395 g/mol. The van der Waals surface area contributed by atoms with Crippen molar-refractivity contribution in [3.8, 4) is 0 Å². The maximum absolute atomic E-state index is 13.1. The van der Waals surface area contributed by atoms with Gasteiger partial charge in [0.25, 0.3) is 5.91 Å². The Balaban J connectivity index is 1.67. The Labute approximate surface area is 181 Å². The van der Waals surface area contributed by atoms with Gasteiger partial charge in [-0.2, -0.15) is 0 Å². The van der Waals surface area contributed by atoms with Gasteiger partial charge in [0.15, 0.2) is 0 Å². The largest absolute Gasteiger partial charge is 0.385 e. The van der Waals surface area contributed by atoms with E-state index in [0.717, 1.165) is 37.8 Å². The number of halogens is 1. The maximum Gasteiger partial charge on any atom is 0.253 e. The van der Waals surface area contributed by atoms with Crippen molar-refractivity contribution in [1.29, 1.82) is 0 Å². The van der Waals surface area contributed by atoms with Gasteiger partial charge >= 0.3 is 0 Å². The lowest BCUT2D eigenvalue weighted by Gasteiger charge is -2.40. The van der Waals surface area contributed by atoms with Gasteiger partial charge in [0.1, 0.15) is 11.7 Å². The average molecular weight is 425 g/mol. The van der Waals surface area contributed by atoms with Crippen LogP contribution >= 0.6 is 0 Å². The third kappa shape index (κ3) is 6.04. The van der Waals surface area contributed by atoms with Crippen molar-refractivity contribution in [3.63, 3.8) is 0 Å². The van der Waals surface area contributed by atoms with Gasteiger partial charge in [-0.15, -0.1) is 0 Å². The summed E-state index contributed by atoms with van der Waals surface area (Å²) in [6.07, 6.45) is 9.87. The molecule has 0 atom stereocenters. The molecule has 164 valence electrons. The van der Waals surface area contributed by atoms with Gasteiger partial charge in [-0.3, -0.25) is 9.78 Å². The number of rotatable bonds is 8. The van der Waals surface area contributed by atoms with Crippen molar-refractivity contribution < 1.29 is 9.18 Å². The standard InChI is InChI=1S/C23H29FN6O/c1-2-23(11-9-18(10-12-23)29-19-4-3-13-27-14-19)28-15-20(22(26)31)21(25)30-17-7-5-16(24)6-8-17/h3-8,13-15,18,28-29H,2,9-12H2,1H3,(H2,25,30)(H2,26,31)/b20-15+. The number of benzene rings is 1. The number of hydrogen-bond donors (Lipinski definition) is 4. The second-order valence-electron chi connectivity index (χ2n) is 7.83. The van der Waals surface area contributed by atoms with Crippen LogP contribution in [-0.4, -0.2) is 28.3 Å². The van der Waals surface area contributed by atoms with E-state index in [-0.39, 0.29) is 22.8 Å². The minimum Gasteiger partial charge on any atom is -0.385 e. The molecule has 2 aromatic rings. The first-order chi connectivity index (χ1) is 14.9. The molecule has 1 saturated carbocycles. The van der Waals surface area contributed by atoms with Crippen LogP contribution in [0.3, 0.4) is 0 Å². The van der Waals surface area contributed by atoms with Gasteiger partial charge in [0.05, 0.1) is 16.9 Å². The van der Waals surface area contributed by atoms with Gasteiger partial charge in [-0.25, -0.2) is 9.38 Å². The third-order valence-corrected chi connectivity index (χ3v) is 5.79. The summed E-state index contributed by atoms with van der Waals surface area (Å²) in [6, 6.07) is 9.82. The summed E-state index contributed by atoms with van der Waals surface area (Å²) >= 11 is 0. The monoisotopic (exact) mass is 424 g/mol. The molecule has 0 spiro atoms. The Hall–Kier alpha value is -3.42. The number of hydrogen-bond acceptors (Lipinski definition) is 5. The number of anilines is 1. The molecule has 7 nitrogen and oxygen atoms in total. The molecular formula is C23H29FN6O. The summed E-state index contributed by atoms with van der Waals surface area (Å²) < 4.78 is 13.1. The molecule has 1 heterocycles. The van der Waals surface area contributed by atoms with Crippen LogP contribution in [0.5, 0.6) is 0 Å². The number of nitrogens with one attached hydrogen (secondary N) is 2. The van der Waals surface area contributed by atoms with Crippen LogP contribution in [0, 0.1) is 5.82 Å². The van der Waals surface area contributed by atoms with Crippen LogP contribution in [0.2, 0.25) is 0 Å². The highest BCUT2D eigenvalue weighted by molar-refractivity contribution is 6.20. The van der Waals surface area contributed by atoms with E-state index in [2.05, 4.69) is 27.5 Å². The average Bonchev–Trinajstić information content (AvgIpc) is 2.77. The minimum absolute atomic E-state index is 0.00945. The number of nitrogens with two attached hydrogens (primary N) is 2. The van der Waals surface area contributed by atoms with E-state index in [1.165, 1.54) is 24.3 Å². The summed E-state index contributed by atoms with van der Waals surface area (Å²) in [7, 11) is 0. The van der Waals surface area contributed by atoms with Crippen molar-refractivity contribution in [2.75, 3.05) is 5.32 Å². The van der Waals surface area contributed by atoms with Crippen molar-refractivity contribution in [3.05, 3.63) is 66.4 Å². The number of carbonyl (C=O) groups is 1. The molecule has 6 N–H and O–H groups in total. The van der Waals surface area contributed by atoms with Crippen molar-refractivity contribution >= 4 is 23.1 Å². The summed E-state index contributed by atoms with van der Waals surface area (Å²) in [5.74, 6) is -1.05. The summed E-state index contributed by atoms with van der Waals surface area (Å²) in [4.78, 5) is 20.3. The van der Waals surface area contributed by atoms with Crippen LogP contribution in [0.1, 0.15) is 39.0 Å². The molecule has 1 aromatic carbocycles. The number of aliphatic imine (C=N–C) groups is 1. The van der Waals surface area contributed by atoms with Crippen molar-refractivity contribution in [2.24, 2.45) is 16.5 Å². The molecule has 0 aliphatic heterocycles. The topological polar surface area (TPSA) is 118 Å². The number of pyridine rings is 1. The Bertz CT molecular complexity index is 934. The second-order valence-corrected chi connectivity index (χ2v) is 7.83. The maximum atomic E-state index is 13.1. The molecule has 1 aliphatic rings. The first-order valence-electron chi connectivity index (χ1n) is 10.4. The van der Waals surface area contributed by atoms with E-state index in [1.54, 1.807) is 12.4 Å². The lowest BCUT2D eigenvalue weighted by atomic mass is 9.77. The fourth-order valence-electron chi connectivity index (χ4n) is 3.81. The first kappa shape index (κ1) is 22.3. The Morgan fingerprint density at radius 3 is 2.55 bits per heavy atom. The molecule has 0 bridgehead atoms. The van der Waals surface area contributed by atoms with E-state index in [0.29, 0.717) is 11.7 Å². The zero-order valence-corrected chi connectivity index (χ0v) is 17.6. The molecule has 1 aromatic heterocycles. The van der Waals surface area contributed by atoms with E-state index in [1.807, 2.05) is 18.3 Å². The lowest BCUT2D eigenvalue weighted by Crippen LogP contribution is -2.47. The summed E-state index contributed by atoms with van der Waals surface area (Å²) in [5.41, 5.74) is 13.0. The molecule has 1 fully saturated rings. The zero-order valence-electron chi connectivity index (χ0n) is 17.6. The predicted molar refractivity (Wildman–Crippen MR) is 121 cm³/mol. The molecule has 1 aliphatic carbocycles. The number of amides is 1. The molecule has 1 amide bonds. The molecule has 0 radical (unpaired) electrons. The predicted octanol–water partition coefficient (Wildman–Crippen LogP) is 3.37. The quantitative estimate of drug-likeness (QED) is 0.294. The van der Waals surface area contributed by atoms with Crippen LogP contribution in [0.25, 0.3) is 0 Å². The number of amidine groups is 1. The Morgan fingerprint density at radius 2 is 1.97 bits per heavy atom. The first-order valence-corrected chi connectivity index (χ1v) is 10.4. The SMILES string of the molecule is CCC1(N/C=C(/C(N)=O)C(N)=Nc2ccc(F)cc2)CCC(Nc2cccnc2)CC1. The number of nitrogens with zero attached hydrogens (tertiary/aromatic N) is 2. The lowest BCUT2D eigenvalue weighted by molar-refractivity contribution is -0.114. The normalized spacial score (nSPS) is 22.1. The van der Waals surface area contributed by atoms with Gasteiger partial charge in [0, 0.05) is 30.2 Å². The molecule has 0 saturated heterocycles. The summed E-state index contributed by atoms with van der Waals surface area (Å²) in [6.45, 7) is 2.12. The van der Waals surface area contributed by atoms with Gasteiger partial charge in [-0.1, -0.05) is 6.92 Å². The zero-order chi connectivity index (χ0) is 22.3. The highest BCUT2D eigenvalue weighted by atomic mass is 19.1. The van der Waals surface area contributed by atoms with Crippen LogP contribution in [0.15, 0.2) is 65.6 Å². The fraction of sp³-hybridized carbons (Fsp3) is 0.348. The smallest absolute Gasteiger partial charge is 0.253 e. The Kier molecular flexibility index (Phi) is 7.23.